The average Bonchev–Trinajstić information content (AvgIpc) is 2.92. The van der Waals surface area contributed by atoms with Gasteiger partial charge in [0.1, 0.15) is 0 Å². The van der Waals surface area contributed by atoms with Gasteiger partial charge in [0.15, 0.2) is 0 Å². The number of ether oxygens (including phenoxy) is 2. The Morgan fingerprint density at radius 3 is 2.32 bits per heavy atom. The second kappa shape index (κ2) is 13.0. The number of piperidine rings is 1. The highest BCUT2D eigenvalue weighted by molar-refractivity contribution is 5.76. The average molecular weight is 507 g/mol. The highest BCUT2D eigenvalue weighted by Crippen LogP contribution is 2.29. The third-order valence-electron chi connectivity index (χ3n) is 8.35. The summed E-state index contributed by atoms with van der Waals surface area (Å²) in [7, 11) is 0. The van der Waals surface area contributed by atoms with Crippen LogP contribution in [0.1, 0.15) is 43.2 Å². The molecule has 1 N–H and O–H groups in total. The summed E-state index contributed by atoms with van der Waals surface area (Å²) in [4.78, 5) is 17.6. The third-order valence-corrected chi connectivity index (χ3v) is 8.35. The minimum atomic E-state index is -0.485. The van der Waals surface area contributed by atoms with E-state index in [2.05, 4.69) is 59.5 Å². The fourth-order valence-electron chi connectivity index (χ4n) is 6.28. The second-order valence-electron chi connectivity index (χ2n) is 11.1. The van der Waals surface area contributed by atoms with Gasteiger partial charge in [-0.05, 0) is 55.6 Å². The Morgan fingerprint density at radius 1 is 0.892 bits per heavy atom. The first-order valence-electron chi connectivity index (χ1n) is 14.1. The number of aliphatic hydroxyl groups excluding tert-OH is 1. The SMILES string of the molecule is O=C(C[C@@H]1CC[C@@H]2[C@H](COC[C@H](O)CN2CCc2ccccc2)O1)N1CCC(Cc2ccccc2)CC1. The zero-order chi connectivity index (χ0) is 25.5. The fourth-order valence-corrected chi connectivity index (χ4v) is 6.28. The topological polar surface area (TPSA) is 62.2 Å². The van der Waals surface area contributed by atoms with Crippen molar-refractivity contribution in [2.45, 2.75) is 69.3 Å². The number of carbonyl (C=O) groups excluding carboxylic acids is 1. The maximum atomic E-state index is 13.2. The number of benzene rings is 2. The van der Waals surface area contributed by atoms with Crippen LogP contribution in [0.3, 0.4) is 0 Å². The van der Waals surface area contributed by atoms with E-state index in [4.69, 9.17) is 9.47 Å². The molecule has 200 valence electrons. The highest BCUT2D eigenvalue weighted by atomic mass is 16.5. The smallest absolute Gasteiger partial charge is 0.225 e. The molecule has 3 heterocycles. The molecular weight excluding hydrogens is 464 g/mol. The molecule has 6 heteroatoms. The molecular formula is C31H42N2O4. The van der Waals surface area contributed by atoms with Gasteiger partial charge in [0, 0.05) is 32.2 Å². The van der Waals surface area contributed by atoms with Crippen LogP contribution in [0.5, 0.6) is 0 Å². The predicted molar refractivity (Wildman–Crippen MR) is 144 cm³/mol. The molecule has 37 heavy (non-hydrogen) atoms. The molecule has 1 amide bonds. The van der Waals surface area contributed by atoms with E-state index in [1.807, 2.05) is 11.0 Å². The van der Waals surface area contributed by atoms with Crippen molar-refractivity contribution in [3.8, 4) is 0 Å². The minimum Gasteiger partial charge on any atom is -0.389 e. The highest BCUT2D eigenvalue weighted by Gasteiger charge is 2.38. The van der Waals surface area contributed by atoms with Crippen molar-refractivity contribution in [3.63, 3.8) is 0 Å². The van der Waals surface area contributed by atoms with Crippen molar-refractivity contribution in [1.82, 2.24) is 9.80 Å². The van der Waals surface area contributed by atoms with Crippen molar-refractivity contribution < 1.29 is 19.4 Å². The van der Waals surface area contributed by atoms with E-state index in [-0.39, 0.29) is 24.2 Å². The van der Waals surface area contributed by atoms with E-state index in [0.29, 0.717) is 32.1 Å². The van der Waals surface area contributed by atoms with Crippen LogP contribution in [-0.2, 0) is 27.1 Å². The maximum absolute atomic E-state index is 13.2. The summed E-state index contributed by atoms with van der Waals surface area (Å²) in [5.41, 5.74) is 2.70. The first-order valence-corrected chi connectivity index (χ1v) is 14.1. The van der Waals surface area contributed by atoms with E-state index in [9.17, 15) is 9.90 Å². The molecule has 3 saturated heterocycles. The quantitative estimate of drug-likeness (QED) is 0.620. The Labute approximate surface area is 221 Å². The summed E-state index contributed by atoms with van der Waals surface area (Å²) >= 11 is 0. The lowest BCUT2D eigenvalue weighted by molar-refractivity contribution is -0.160. The number of fused-ring (bicyclic) bond motifs is 1. The first-order chi connectivity index (χ1) is 18.1. The molecule has 3 fully saturated rings. The van der Waals surface area contributed by atoms with Crippen LogP contribution >= 0.6 is 0 Å². The van der Waals surface area contributed by atoms with Crippen LogP contribution in [0.25, 0.3) is 0 Å². The first kappa shape index (κ1) is 26.4. The van der Waals surface area contributed by atoms with Crippen LogP contribution in [-0.4, -0.2) is 84.6 Å². The number of aliphatic hydroxyl groups is 1. The molecule has 2 aromatic rings. The number of rotatable bonds is 7. The molecule has 2 aromatic carbocycles. The van der Waals surface area contributed by atoms with Crippen molar-refractivity contribution >= 4 is 5.91 Å². The molecule has 0 radical (unpaired) electrons. The zero-order valence-corrected chi connectivity index (χ0v) is 21.9. The van der Waals surface area contributed by atoms with E-state index < -0.39 is 6.10 Å². The van der Waals surface area contributed by atoms with Gasteiger partial charge < -0.3 is 19.5 Å². The van der Waals surface area contributed by atoms with Gasteiger partial charge in [0.2, 0.25) is 5.91 Å². The molecule has 3 aliphatic heterocycles. The summed E-state index contributed by atoms with van der Waals surface area (Å²) in [5, 5.41) is 10.4. The number of amides is 1. The third kappa shape index (κ3) is 7.41. The van der Waals surface area contributed by atoms with Crippen LogP contribution in [0.15, 0.2) is 60.7 Å². The lowest BCUT2D eigenvalue weighted by atomic mass is 9.89. The number of hydrogen-bond donors (Lipinski definition) is 1. The van der Waals surface area contributed by atoms with Crippen LogP contribution in [0.2, 0.25) is 0 Å². The summed E-state index contributed by atoms with van der Waals surface area (Å²) in [6.07, 6.45) is 5.88. The Hall–Kier alpha value is -2.25. The van der Waals surface area contributed by atoms with Crippen LogP contribution < -0.4 is 0 Å². The normalized spacial score (nSPS) is 27.8. The summed E-state index contributed by atoms with van der Waals surface area (Å²) < 4.78 is 12.3. The standard InChI is InChI=1S/C31H42N2O4/c34-27-21-33(18-13-24-7-3-1-4-8-24)29-12-11-28(37-30(29)23-36-22-27)20-31(35)32-16-14-26(15-17-32)19-25-9-5-2-6-10-25/h1-10,26-30,34H,11-23H2/t27-,28+,29-,30+/m1/s1. The summed E-state index contributed by atoms with van der Waals surface area (Å²) in [6, 6.07) is 21.4. The van der Waals surface area contributed by atoms with Crippen LogP contribution in [0, 0.1) is 5.92 Å². The van der Waals surface area contributed by atoms with Gasteiger partial charge >= 0.3 is 0 Å². The largest absolute Gasteiger partial charge is 0.389 e. The zero-order valence-electron chi connectivity index (χ0n) is 21.9. The van der Waals surface area contributed by atoms with Gasteiger partial charge in [-0.1, -0.05) is 60.7 Å². The van der Waals surface area contributed by atoms with Crippen LogP contribution in [0.4, 0.5) is 0 Å². The van der Waals surface area contributed by atoms with Gasteiger partial charge in [-0.15, -0.1) is 0 Å². The molecule has 0 saturated carbocycles. The lowest BCUT2D eigenvalue weighted by Crippen LogP contribution is -2.56. The van der Waals surface area contributed by atoms with Crippen molar-refractivity contribution in [2.24, 2.45) is 5.92 Å². The van der Waals surface area contributed by atoms with Crippen molar-refractivity contribution in [3.05, 3.63) is 71.8 Å². The van der Waals surface area contributed by atoms with E-state index >= 15 is 0 Å². The Morgan fingerprint density at radius 2 is 1.59 bits per heavy atom. The molecule has 0 aliphatic carbocycles. The van der Waals surface area contributed by atoms with E-state index in [1.165, 1.54) is 11.1 Å². The Kier molecular flexibility index (Phi) is 9.27. The Bertz CT molecular complexity index is 964. The monoisotopic (exact) mass is 506 g/mol. The van der Waals surface area contributed by atoms with Gasteiger partial charge in [0.25, 0.3) is 0 Å². The van der Waals surface area contributed by atoms with Gasteiger partial charge in [-0.3, -0.25) is 9.69 Å². The molecule has 0 unspecified atom stereocenters. The number of carbonyl (C=O) groups is 1. The van der Waals surface area contributed by atoms with Crippen molar-refractivity contribution in [1.29, 1.82) is 0 Å². The second-order valence-corrected chi connectivity index (χ2v) is 11.1. The number of likely N-dealkylation sites (tertiary alicyclic amines) is 1. The predicted octanol–water partition coefficient (Wildman–Crippen LogP) is 3.71. The van der Waals surface area contributed by atoms with Gasteiger partial charge in [-0.25, -0.2) is 0 Å². The Balaban J connectivity index is 1.11. The maximum Gasteiger partial charge on any atom is 0.225 e. The van der Waals surface area contributed by atoms with E-state index in [0.717, 1.165) is 58.2 Å². The molecule has 5 rings (SSSR count). The number of hydrogen-bond acceptors (Lipinski definition) is 5. The molecule has 0 spiro atoms. The molecule has 0 aromatic heterocycles. The fraction of sp³-hybridized carbons (Fsp3) is 0.581. The molecule has 6 nitrogen and oxygen atoms in total. The molecule has 4 atom stereocenters. The molecule has 3 aliphatic rings. The van der Waals surface area contributed by atoms with Gasteiger partial charge in [0.05, 0.1) is 37.9 Å². The number of nitrogens with zero attached hydrogens (tertiary/aromatic N) is 2. The lowest BCUT2D eigenvalue weighted by Gasteiger charge is -2.45. The van der Waals surface area contributed by atoms with Gasteiger partial charge in [-0.2, -0.15) is 0 Å². The minimum absolute atomic E-state index is 0.0558. The van der Waals surface area contributed by atoms with E-state index in [1.54, 1.807) is 0 Å². The number of β-amino-alcohol motifs (C(OH)–C–C–N with tert-alkyl or cyclic N) is 1. The van der Waals surface area contributed by atoms with Crippen molar-refractivity contribution in [2.75, 3.05) is 39.4 Å². The summed E-state index contributed by atoms with van der Waals surface area (Å²) in [6.45, 7) is 3.98. The molecule has 0 bridgehead atoms. The summed E-state index contributed by atoms with van der Waals surface area (Å²) in [5.74, 6) is 0.882.